The molecule has 1 N–H and O–H groups in total. The van der Waals surface area contributed by atoms with Crippen molar-refractivity contribution < 1.29 is 4.79 Å². The molecular formula is C11H11BrClNO. The number of amides is 1. The van der Waals surface area contributed by atoms with Crippen molar-refractivity contribution in [2.75, 3.05) is 6.54 Å². The number of benzene rings is 1. The number of rotatable bonds is 4. The number of carbonyl (C=O) groups is 1. The van der Waals surface area contributed by atoms with Crippen LogP contribution < -0.4 is 5.32 Å². The van der Waals surface area contributed by atoms with Gasteiger partial charge in [0, 0.05) is 16.0 Å². The van der Waals surface area contributed by atoms with Crippen molar-refractivity contribution in [3.63, 3.8) is 0 Å². The van der Waals surface area contributed by atoms with Crippen LogP contribution in [0.2, 0.25) is 5.02 Å². The molecule has 4 heteroatoms. The molecule has 0 aliphatic rings. The highest BCUT2D eigenvalue weighted by atomic mass is 79.9. The van der Waals surface area contributed by atoms with Crippen LogP contribution in [0.4, 0.5) is 0 Å². The fourth-order valence-corrected chi connectivity index (χ4v) is 1.44. The molecule has 0 radical (unpaired) electrons. The van der Waals surface area contributed by atoms with E-state index in [9.17, 15) is 4.79 Å². The zero-order valence-electron chi connectivity index (χ0n) is 8.09. The maximum Gasteiger partial charge on any atom is 0.224 e. The Morgan fingerprint density at radius 2 is 2.27 bits per heavy atom. The predicted octanol–water partition coefficient (Wildman–Crippen LogP) is 2.91. The number of hydrogen-bond acceptors (Lipinski definition) is 1. The molecule has 15 heavy (non-hydrogen) atoms. The molecule has 0 unspecified atom stereocenters. The minimum Gasteiger partial charge on any atom is -0.351 e. The van der Waals surface area contributed by atoms with Crippen LogP contribution in [-0.2, 0) is 11.2 Å². The maximum absolute atomic E-state index is 11.4. The summed E-state index contributed by atoms with van der Waals surface area (Å²) in [5.74, 6) is -0.0436. The Bertz CT molecular complexity index is 379. The van der Waals surface area contributed by atoms with Crippen molar-refractivity contribution in [2.24, 2.45) is 0 Å². The largest absolute Gasteiger partial charge is 0.351 e. The van der Waals surface area contributed by atoms with Gasteiger partial charge in [-0.05, 0) is 17.7 Å². The molecule has 0 aliphatic carbocycles. The summed E-state index contributed by atoms with van der Waals surface area (Å²) in [4.78, 5) is 11.4. The zero-order valence-corrected chi connectivity index (χ0v) is 10.4. The first-order valence-electron chi connectivity index (χ1n) is 4.42. The van der Waals surface area contributed by atoms with Crippen LogP contribution in [0.5, 0.6) is 0 Å². The van der Waals surface area contributed by atoms with E-state index < -0.39 is 0 Å². The first kappa shape index (κ1) is 12.3. The van der Waals surface area contributed by atoms with E-state index in [1.54, 1.807) is 12.1 Å². The van der Waals surface area contributed by atoms with Gasteiger partial charge in [-0.15, -0.1) is 0 Å². The second-order valence-corrected chi connectivity index (χ2v) is 4.66. The molecule has 0 bridgehead atoms. The molecule has 0 fully saturated rings. The number of hydrogen-bond donors (Lipinski definition) is 1. The summed E-state index contributed by atoms with van der Waals surface area (Å²) in [7, 11) is 0. The lowest BCUT2D eigenvalue weighted by atomic mass is 10.1. The molecule has 0 saturated heterocycles. The van der Waals surface area contributed by atoms with Gasteiger partial charge in [0.05, 0.1) is 6.42 Å². The van der Waals surface area contributed by atoms with Gasteiger partial charge in [-0.2, -0.15) is 0 Å². The van der Waals surface area contributed by atoms with Gasteiger partial charge in [-0.3, -0.25) is 4.79 Å². The summed E-state index contributed by atoms with van der Waals surface area (Å²) in [5.41, 5.74) is 0.903. The Labute approximate surface area is 102 Å². The molecule has 0 spiro atoms. The third-order valence-electron chi connectivity index (χ3n) is 1.73. The summed E-state index contributed by atoms with van der Waals surface area (Å²) in [5, 5.41) is 3.37. The van der Waals surface area contributed by atoms with E-state index >= 15 is 0 Å². The molecule has 0 aromatic heterocycles. The van der Waals surface area contributed by atoms with E-state index in [1.807, 2.05) is 12.1 Å². The summed E-state index contributed by atoms with van der Waals surface area (Å²) in [6.45, 7) is 4.07. The van der Waals surface area contributed by atoms with Crippen molar-refractivity contribution in [2.45, 2.75) is 6.42 Å². The molecule has 0 aliphatic heterocycles. The molecule has 1 rings (SSSR count). The van der Waals surface area contributed by atoms with Gasteiger partial charge in [0.15, 0.2) is 0 Å². The minimum absolute atomic E-state index is 0.0436. The number of halogens is 2. The fraction of sp³-hybridized carbons (Fsp3) is 0.182. The lowest BCUT2D eigenvalue weighted by Gasteiger charge is -2.04. The topological polar surface area (TPSA) is 29.1 Å². The van der Waals surface area contributed by atoms with Crippen LogP contribution >= 0.6 is 27.5 Å². The average Bonchev–Trinajstić information content (AvgIpc) is 2.15. The van der Waals surface area contributed by atoms with Gasteiger partial charge >= 0.3 is 0 Å². The molecule has 0 atom stereocenters. The predicted molar refractivity (Wildman–Crippen MR) is 66.2 cm³/mol. The van der Waals surface area contributed by atoms with Crippen molar-refractivity contribution in [3.05, 3.63) is 45.9 Å². The first-order valence-corrected chi connectivity index (χ1v) is 5.59. The van der Waals surface area contributed by atoms with Crippen molar-refractivity contribution in [3.8, 4) is 0 Å². The fourth-order valence-electron chi connectivity index (χ4n) is 1.09. The Morgan fingerprint density at radius 1 is 1.53 bits per heavy atom. The molecule has 1 amide bonds. The smallest absolute Gasteiger partial charge is 0.224 e. The van der Waals surface area contributed by atoms with E-state index in [1.165, 1.54) is 0 Å². The van der Waals surface area contributed by atoms with Crippen molar-refractivity contribution in [1.82, 2.24) is 5.32 Å². The van der Waals surface area contributed by atoms with E-state index in [2.05, 4.69) is 27.8 Å². The molecule has 2 nitrogen and oxygen atoms in total. The molecule has 1 aromatic rings. The van der Waals surface area contributed by atoms with Crippen LogP contribution in [0.1, 0.15) is 5.56 Å². The Hall–Kier alpha value is -0.800. The van der Waals surface area contributed by atoms with Crippen LogP contribution in [-0.4, -0.2) is 12.5 Å². The summed E-state index contributed by atoms with van der Waals surface area (Å²) < 4.78 is 0.752. The molecule has 0 heterocycles. The Morgan fingerprint density at radius 3 is 2.87 bits per heavy atom. The van der Waals surface area contributed by atoms with Gasteiger partial charge in [0.1, 0.15) is 0 Å². The monoisotopic (exact) mass is 287 g/mol. The second-order valence-electron chi connectivity index (χ2n) is 3.10. The lowest BCUT2D eigenvalue weighted by molar-refractivity contribution is -0.120. The summed E-state index contributed by atoms with van der Waals surface area (Å²) >= 11 is 8.97. The number of nitrogens with one attached hydrogen (secondary N) is 1. The quantitative estimate of drug-likeness (QED) is 0.907. The third kappa shape index (κ3) is 5.00. The van der Waals surface area contributed by atoms with Gasteiger partial charge in [-0.1, -0.05) is 46.2 Å². The van der Waals surface area contributed by atoms with Crippen molar-refractivity contribution >= 4 is 33.4 Å². The maximum atomic E-state index is 11.4. The lowest BCUT2D eigenvalue weighted by Crippen LogP contribution is -2.25. The SMILES string of the molecule is C=C(Br)CNC(=O)Cc1cccc(Cl)c1. The van der Waals surface area contributed by atoms with Crippen molar-refractivity contribution in [1.29, 1.82) is 0 Å². The van der Waals surface area contributed by atoms with Crippen LogP contribution in [0, 0.1) is 0 Å². The normalized spacial score (nSPS) is 9.73. The summed E-state index contributed by atoms with van der Waals surface area (Å²) in [6.07, 6.45) is 0.334. The molecule has 1 aromatic carbocycles. The highest BCUT2D eigenvalue weighted by molar-refractivity contribution is 9.11. The third-order valence-corrected chi connectivity index (χ3v) is 2.25. The van der Waals surface area contributed by atoms with Crippen LogP contribution in [0.15, 0.2) is 35.3 Å². The van der Waals surface area contributed by atoms with E-state index in [0.717, 1.165) is 10.0 Å². The molecular weight excluding hydrogens is 277 g/mol. The van der Waals surface area contributed by atoms with E-state index in [4.69, 9.17) is 11.6 Å². The van der Waals surface area contributed by atoms with E-state index in [-0.39, 0.29) is 5.91 Å². The van der Waals surface area contributed by atoms with Gasteiger partial charge in [0.2, 0.25) is 5.91 Å². The van der Waals surface area contributed by atoms with Gasteiger partial charge < -0.3 is 5.32 Å². The average molecular weight is 289 g/mol. The van der Waals surface area contributed by atoms with Crippen LogP contribution in [0.3, 0.4) is 0 Å². The Balaban J connectivity index is 2.48. The second kappa shape index (κ2) is 5.93. The molecule has 0 saturated carbocycles. The first-order chi connectivity index (χ1) is 7.08. The van der Waals surface area contributed by atoms with Gasteiger partial charge in [-0.25, -0.2) is 0 Å². The molecule has 80 valence electrons. The highest BCUT2D eigenvalue weighted by Crippen LogP contribution is 2.11. The minimum atomic E-state index is -0.0436. The Kier molecular flexibility index (Phi) is 4.85. The summed E-state index contributed by atoms with van der Waals surface area (Å²) in [6, 6.07) is 7.26. The van der Waals surface area contributed by atoms with E-state index in [0.29, 0.717) is 18.0 Å². The number of carbonyl (C=O) groups excluding carboxylic acids is 1. The van der Waals surface area contributed by atoms with Gasteiger partial charge in [0.25, 0.3) is 0 Å². The van der Waals surface area contributed by atoms with Crippen LogP contribution in [0.25, 0.3) is 0 Å². The highest BCUT2D eigenvalue weighted by Gasteiger charge is 2.03. The standard InChI is InChI=1S/C11H11BrClNO/c1-8(12)7-14-11(15)6-9-3-2-4-10(13)5-9/h2-5H,1,6-7H2,(H,14,15). The zero-order chi connectivity index (χ0) is 11.3.